The van der Waals surface area contributed by atoms with Crippen molar-refractivity contribution in [1.82, 2.24) is 0 Å². The van der Waals surface area contributed by atoms with Gasteiger partial charge in [-0.15, -0.1) is 0 Å². The molecule has 1 fully saturated rings. The molecule has 0 amide bonds. The third kappa shape index (κ3) is 2.15. The summed E-state index contributed by atoms with van der Waals surface area (Å²) < 4.78 is 11.3. The molecule has 0 aromatic heterocycles. The molecule has 3 rings (SSSR count). The average molecular weight is 268 g/mol. The molecule has 1 saturated heterocycles. The highest BCUT2D eigenvalue weighted by atomic mass is 16.7. The Morgan fingerprint density at radius 1 is 1.05 bits per heavy atom. The first kappa shape index (κ1) is 13.0. The molecule has 1 aliphatic rings. The van der Waals surface area contributed by atoms with Crippen LogP contribution < -0.4 is 0 Å². The summed E-state index contributed by atoms with van der Waals surface area (Å²) in [4.78, 5) is 12.7. The van der Waals surface area contributed by atoms with Gasteiger partial charge in [0.25, 0.3) is 0 Å². The van der Waals surface area contributed by atoms with Gasteiger partial charge in [-0.2, -0.15) is 0 Å². The summed E-state index contributed by atoms with van der Waals surface area (Å²) >= 11 is 0. The number of ketones is 1. The maximum Gasteiger partial charge on any atom is 0.197 e. The molecule has 2 atom stereocenters. The molecule has 1 aliphatic heterocycles. The van der Waals surface area contributed by atoms with Crippen molar-refractivity contribution in [2.45, 2.75) is 18.6 Å². The summed E-state index contributed by atoms with van der Waals surface area (Å²) in [7, 11) is 0. The van der Waals surface area contributed by atoms with Crippen molar-refractivity contribution in [3.05, 3.63) is 71.8 Å². The van der Waals surface area contributed by atoms with Gasteiger partial charge in [0.05, 0.1) is 0 Å². The van der Waals surface area contributed by atoms with Crippen molar-refractivity contribution in [3.63, 3.8) is 0 Å². The number of benzene rings is 2. The van der Waals surface area contributed by atoms with Gasteiger partial charge in [-0.1, -0.05) is 60.7 Å². The Bertz CT molecular complexity index is 594. The Kier molecular flexibility index (Phi) is 3.38. The summed E-state index contributed by atoms with van der Waals surface area (Å²) in [5, 5.41) is 0. The standard InChI is InChI=1S/C17H16O3/c1-17(15(18)13-8-4-2-5-9-13)16(19-12-20-17)14-10-6-3-7-11-14/h2-11,16H,12H2,1H3. The van der Waals surface area contributed by atoms with Crippen LogP contribution in [-0.2, 0) is 9.47 Å². The highest BCUT2D eigenvalue weighted by molar-refractivity contribution is 6.03. The van der Waals surface area contributed by atoms with Gasteiger partial charge in [0.2, 0.25) is 0 Å². The first-order valence-electron chi connectivity index (χ1n) is 6.62. The Labute approximate surface area is 118 Å². The Balaban J connectivity index is 1.96. The number of hydrogen-bond acceptors (Lipinski definition) is 3. The van der Waals surface area contributed by atoms with E-state index in [0.717, 1.165) is 5.56 Å². The molecule has 0 bridgehead atoms. The molecule has 0 radical (unpaired) electrons. The lowest BCUT2D eigenvalue weighted by molar-refractivity contribution is 0.00738. The van der Waals surface area contributed by atoms with E-state index >= 15 is 0 Å². The van der Waals surface area contributed by atoms with E-state index < -0.39 is 5.60 Å². The normalized spacial score (nSPS) is 25.6. The maximum absolute atomic E-state index is 12.7. The third-order valence-electron chi connectivity index (χ3n) is 3.68. The Morgan fingerprint density at radius 3 is 2.30 bits per heavy atom. The van der Waals surface area contributed by atoms with Crippen LogP contribution in [0.25, 0.3) is 0 Å². The molecule has 0 spiro atoms. The van der Waals surface area contributed by atoms with Crippen LogP contribution in [0.5, 0.6) is 0 Å². The molecular formula is C17H16O3. The van der Waals surface area contributed by atoms with Crippen LogP contribution in [0.1, 0.15) is 28.9 Å². The zero-order valence-electron chi connectivity index (χ0n) is 11.3. The minimum absolute atomic E-state index is 0.0514. The number of rotatable bonds is 3. The van der Waals surface area contributed by atoms with E-state index in [1.54, 1.807) is 19.1 Å². The molecule has 0 aliphatic carbocycles. The van der Waals surface area contributed by atoms with Gasteiger partial charge in [0, 0.05) is 5.56 Å². The van der Waals surface area contributed by atoms with Crippen LogP contribution in [0.15, 0.2) is 60.7 Å². The molecular weight excluding hydrogens is 252 g/mol. The number of Topliss-reactive ketones (excluding diaryl/α,β-unsaturated/α-hetero) is 1. The second-order valence-electron chi connectivity index (χ2n) is 5.02. The van der Waals surface area contributed by atoms with E-state index in [4.69, 9.17) is 9.47 Å². The minimum Gasteiger partial charge on any atom is -0.344 e. The van der Waals surface area contributed by atoms with E-state index in [9.17, 15) is 4.79 Å². The molecule has 2 aromatic rings. The number of ether oxygens (including phenoxy) is 2. The highest BCUT2D eigenvalue weighted by Gasteiger charge is 2.48. The Morgan fingerprint density at radius 2 is 1.65 bits per heavy atom. The Hall–Kier alpha value is -1.97. The van der Waals surface area contributed by atoms with Crippen molar-refractivity contribution in [2.75, 3.05) is 6.79 Å². The zero-order chi connectivity index (χ0) is 14.0. The summed E-state index contributed by atoms with van der Waals surface area (Å²) in [6, 6.07) is 18.9. The summed E-state index contributed by atoms with van der Waals surface area (Å²) in [5.74, 6) is -0.0514. The second kappa shape index (κ2) is 5.19. The van der Waals surface area contributed by atoms with E-state index in [1.165, 1.54) is 0 Å². The van der Waals surface area contributed by atoms with Crippen molar-refractivity contribution in [1.29, 1.82) is 0 Å². The largest absolute Gasteiger partial charge is 0.344 e. The van der Waals surface area contributed by atoms with E-state index in [-0.39, 0.29) is 18.7 Å². The molecule has 20 heavy (non-hydrogen) atoms. The lowest BCUT2D eigenvalue weighted by Crippen LogP contribution is -2.40. The topological polar surface area (TPSA) is 35.5 Å². The lowest BCUT2D eigenvalue weighted by Gasteiger charge is -2.27. The van der Waals surface area contributed by atoms with Crippen LogP contribution in [0.2, 0.25) is 0 Å². The molecule has 0 N–H and O–H groups in total. The third-order valence-corrected chi connectivity index (χ3v) is 3.68. The van der Waals surface area contributed by atoms with Crippen LogP contribution in [-0.4, -0.2) is 18.2 Å². The van der Waals surface area contributed by atoms with Crippen LogP contribution in [0.3, 0.4) is 0 Å². The van der Waals surface area contributed by atoms with E-state index in [0.29, 0.717) is 5.56 Å². The van der Waals surface area contributed by atoms with Gasteiger partial charge in [-0.25, -0.2) is 0 Å². The first-order chi connectivity index (χ1) is 9.72. The van der Waals surface area contributed by atoms with Gasteiger partial charge in [-0.3, -0.25) is 4.79 Å². The van der Waals surface area contributed by atoms with Gasteiger partial charge in [0.15, 0.2) is 11.4 Å². The zero-order valence-corrected chi connectivity index (χ0v) is 11.3. The quantitative estimate of drug-likeness (QED) is 0.801. The van der Waals surface area contributed by atoms with Gasteiger partial charge in [0.1, 0.15) is 12.9 Å². The minimum atomic E-state index is -0.983. The fraction of sp³-hybridized carbons (Fsp3) is 0.235. The molecule has 0 saturated carbocycles. The molecule has 3 heteroatoms. The predicted octanol–water partition coefficient (Wildman–Crippen LogP) is 3.37. The smallest absolute Gasteiger partial charge is 0.197 e. The van der Waals surface area contributed by atoms with Gasteiger partial charge in [-0.05, 0) is 12.5 Å². The fourth-order valence-electron chi connectivity index (χ4n) is 2.56. The van der Waals surface area contributed by atoms with Crippen LogP contribution in [0, 0.1) is 0 Å². The van der Waals surface area contributed by atoms with Crippen LogP contribution >= 0.6 is 0 Å². The predicted molar refractivity (Wildman–Crippen MR) is 75.4 cm³/mol. The van der Waals surface area contributed by atoms with E-state index in [2.05, 4.69) is 0 Å². The number of carbonyl (C=O) groups excluding carboxylic acids is 1. The number of carbonyl (C=O) groups is 1. The molecule has 1 heterocycles. The molecule has 2 unspecified atom stereocenters. The van der Waals surface area contributed by atoms with Gasteiger partial charge >= 0.3 is 0 Å². The van der Waals surface area contributed by atoms with Crippen molar-refractivity contribution in [2.24, 2.45) is 0 Å². The van der Waals surface area contributed by atoms with Crippen molar-refractivity contribution < 1.29 is 14.3 Å². The van der Waals surface area contributed by atoms with Gasteiger partial charge < -0.3 is 9.47 Å². The van der Waals surface area contributed by atoms with E-state index in [1.807, 2.05) is 48.5 Å². The average Bonchev–Trinajstić information content (AvgIpc) is 2.91. The molecule has 3 nitrogen and oxygen atoms in total. The van der Waals surface area contributed by atoms with Crippen molar-refractivity contribution >= 4 is 5.78 Å². The fourth-order valence-corrected chi connectivity index (χ4v) is 2.56. The van der Waals surface area contributed by atoms with Crippen molar-refractivity contribution in [3.8, 4) is 0 Å². The summed E-state index contributed by atoms with van der Waals surface area (Å²) in [5.41, 5.74) is 0.612. The second-order valence-corrected chi connectivity index (χ2v) is 5.02. The molecule has 102 valence electrons. The first-order valence-corrected chi connectivity index (χ1v) is 6.62. The maximum atomic E-state index is 12.7. The SMILES string of the molecule is CC1(C(=O)c2ccccc2)OCOC1c1ccccc1. The summed E-state index contributed by atoms with van der Waals surface area (Å²) in [6.45, 7) is 1.93. The lowest BCUT2D eigenvalue weighted by atomic mass is 9.86. The number of hydrogen-bond donors (Lipinski definition) is 0. The monoisotopic (exact) mass is 268 g/mol. The summed E-state index contributed by atoms with van der Waals surface area (Å²) in [6.07, 6.45) is -0.378. The highest BCUT2D eigenvalue weighted by Crippen LogP contribution is 2.39. The molecule has 2 aromatic carbocycles. The van der Waals surface area contributed by atoms with Crippen LogP contribution in [0.4, 0.5) is 0 Å².